The Kier molecular flexibility index (Phi) is 9.47. The Morgan fingerprint density at radius 2 is 1.70 bits per heavy atom. The Labute approximate surface area is 193 Å². The van der Waals surface area contributed by atoms with Gasteiger partial charge in [-0.15, -0.1) is 0 Å². The van der Waals surface area contributed by atoms with E-state index in [1.807, 2.05) is 39.0 Å². The molecule has 0 aliphatic heterocycles. The summed E-state index contributed by atoms with van der Waals surface area (Å²) in [6.45, 7) is 5.90. The van der Waals surface area contributed by atoms with E-state index in [9.17, 15) is 9.59 Å². The van der Waals surface area contributed by atoms with Gasteiger partial charge in [0.2, 0.25) is 11.8 Å². The van der Waals surface area contributed by atoms with Gasteiger partial charge in [-0.25, -0.2) is 0 Å². The van der Waals surface area contributed by atoms with Crippen LogP contribution in [0.1, 0.15) is 44.7 Å². The highest BCUT2D eigenvalue weighted by Crippen LogP contribution is 2.25. The fourth-order valence-corrected chi connectivity index (χ4v) is 3.92. The molecule has 0 heterocycles. The molecule has 162 valence electrons. The first-order chi connectivity index (χ1) is 14.2. The molecule has 0 fully saturated rings. The molecule has 1 atom stereocenters. The highest BCUT2D eigenvalue weighted by Gasteiger charge is 2.29. The highest BCUT2D eigenvalue weighted by atomic mass is 35.5. The second-order valence-electron chi connectivity index (χ2n) is 7.44. The zero-order valence-electron chi connectivity index (χ0n) is 17.4. The van der Waals surface area contributed by atoms with Crippen LogP contribution in [0.25, 0.3) is 0 Å². The fourth-order valence-electron chi connectivity index (χ4n) is 3.22. The number of aryl methyl sites for hydroxylation is 1. The van der Waals surface area contributed by atoms with Gasteiger partial charge in [0.05, 0.1) is 0 Å². The molecule has 0 aliphatic rings. The standard InChI is InChI=1S/C23H27Cl3N2O2/c1-4-21(23(30)27-15(2)3)28(14-17-9-11-18(24)13-20(17)26)22(29)12-10-16-7-5-6-8-19(16)25/h5-9,11,13,15,21H,4,10,12,14H2,1-3H3,(H,27,30)/t21-/m1/s1. The minimum absolute atomic E-state index is 0.0225. The van der Waals surface area contributed by atoms with Crippen molar-refractivity contribution in [3.05, 3.63) is 68.7 Å². The zero-order valence-corrected chi connectivity index (χ0v) is 19.7. The number of hydrogen-bond donors (Lipinski definition) is 1. The molecule has 4 nitrogen and oxygen atoms in total. The smallest absolute Gasteiger partial charge is 0.243 e. The molecule has 7 heteroatoms. The van der Waals surface area contributed by atoms with Gasteiger partial charge in [0, 0.05) is 34.1 Å². The number of rotatable bonds is 9. The molecule has 0 radical (unpaired) electrons. The maximum Gasteiger partial charge on any atom is 0.243 e. The van der Waals surface area contributed by atoms with Crippen LogP contribution in [0.5, 0.6) is 0 Å². The number of carbonyl (C=O) groups excluding carboxylic acids is 2. The van der Waals surface area contributed by atoms with Crippen molar-refractivity contribution in [2.75, 3.05) is 0 Å². The lowest BCUT2D eigenvalue weighted by Gasteiger charge is -2.31. The van der Waals surface area contributed by atoms with E-state index >= 15 is 0 Å². The molecule has 2 aromatic rings. The molecule has 2 amide bonds. The van der Waals surface area contributed by atoms with E-state index in [-0.39, 0.29) is 30.8 Å². The van der Waals surface area contributed by atoms with Crippen LogP contribution in [0.4, 0.5) is 0 Å². The molecule has 0 saturated heterocycles. The van der Waals surface area contributed by atoms with Gasteiger partial charge < -0.3 is 10.2 Å². The first kappa shape index (κ1) is 24.5. The van der Waals surface area contributed by atoms with Gasteiger partial charge in [0.15, 0.2) is 0 Å². The fraction of sp³-hybridized carbons (Fsp3) is 0.391. The summed E-state index contributed by atoms with van der Waals surface area (Å²) in [5.74, 6) is -0.310. The van der Waals surface area contributed by atoms with Gasteiger partial charge in [-0.1, -0.05) is 66.0 Å². The van der Waals surface area contributed by atoms with E-state index in [2.05, 4.69) is 5.32 Å². The monoisotopic (exact) mass is 468 g/mol. The van der Waals surface area contributed by atoms with E-state index in [0.29, 0.717) is 27.9 Å². The van der Waals surface area contributed by atoms with Crippen molar-refractivity contribution in [2.45, 2.75) is 58.7 Å². The predicted octanol–water partition coefficient (Wildman–Crippen LogP) is 5.91. The van der Waals surface area contributed by atoms with Crippen LogP contribution in [0.15, 0.2) is 42.5 Å². The SMILES string of the molecule is CC[C@H](C(=O)NC(C)C)N(Cc1ccc(Cl)cc1Cl)C(=O)CCc1ccccc1Cl. The van der Waals surface area contributed by atoms with Gasteiger partial charge in [-0.3, -0.25) is 9.59 Å². The number of carbonyl (C=O) groups is 2. The molecule has 2 aromatic carbocycles. The number of amides is 2. The van der Waals surface area contributed by atoms with Crippen LogP contribution in [0.3, 0.4) is 0 Å². The first-order valence-corrected chi connectivity index (χ1v) is 11.1. The van der Waals surface area contributed by atoms with Crippen LogP contribution >= 0.6 is 34.8 Å². The molecule has 0 saturated carbocycles. The summed E-state index contributed by atoms with van der Waals surface area (Å²) in [6.07, 6.45) is 1.22. The Balaban J connectivity index is 2.27. The molecule has 1 N–H and O–H groups in total. The molecule has 0 aromatic heterocycles. The third-order valence-corrected chi connectivity index (χ3v) is 5.69. The summed E-state index contributed by atoms with van der Waals surface area (Å²) in [5, 5.41) is 4.52. The molecular weight excluding hydrogens is 443 g/mol. The largest absolute Gasteiger partial charge is 0.352 e. The number of halogens is 3. The van der Waals surface area contributed by atoms with Crippen molar-refractivity contribution in [3.63, 3.8) is 0 Å². The summed E-state index contributed by atoms with van der Waals surface area (Å²) in [5.41, 5.74) is 1.64. The highest BCUT2D eigenvalue weighted by molar-refractivity contribution is 6.35. The van der Waals surface area contributed by atoms with E-state index < -0.39 is 6.04 Å². The van der Waals surface area contributed by atoms with E-state index in [1.54, 1.807) is 29.2 Å². The van der Waals surface area contributed by atoms with Crippen LogP contribution in [-0.2, 0) is 22.6 Å². The number of hydrogen-bond acceptors (Lipinski definition) is 2. The van der Waals surface area contributed by atoms with Crippen molar-refractivity contribution in [2.24, 2.45) is 0 Å². The molecular formula is C23H27Cl3N2O2. The number of nitrogens with zero attached hydrogens (tertiary/aromatic N) is 1. The van der Waals surface area contributed by atoms with Crippen molar-refractivity contribution < 1.29 is 9.59 Å². The number of nitrogens with one attached hydrogen (secondary N) is 1. The van der Waals surface area contributed by atoms with E-state index in [0.717, 1.165) is 11.1 Å². The van der Waals surface area contributed by atoms with E-state index in [1.165, 1.54) is 0 Å². The summed E-state index contributed by atoms with van der Waals surface area (Å²) >= 11 is 18.6. The minimum Gasteiger partial charge on any atom is -0.352 e. The zero-order chi connectivity index (χ0) is 22.3. The lowest BCUT2D eigenvalue weighted by molar-refractivity contribution is -0.141. The molecule has 0 spiro atoms. The lowest BCUT2D eigenvalue weighted by atomic mass is 10.1. The minimum atomic E-state index is -0.599. The Bertz CT molecular complexity index is 887. The van der Waals surface area contributed by atoms with Crippen LogP contribution in [0, 0.1) is 0 Å². The van der Waals surface area contributed by atoms with Gasteiger partial charge in [-0.2, -0.15) is 0 Å². The van der Waals surface area contributed by atoms with Crippen molar-refractivity contribution in [1.82, 2.24) is 10.2 Å². The predicted molar refractivity (Wildman–Crippen MR) is 124 cm³/mol. The van der Waals surface area contributed by atoms with Crippen LogP contribution in [-0.4, -0.2) is 28.8 Å². The van der Waals surface area contributed by atoms with Gasteiger partial charge in [-0.05, 0) is 56.0 Å². The average Bonchev–Trinajstić information content (AvgIpc) is 2.68. The van der Waals surface area contributed by atoms with Gasteiger partial charge in [0.25, 0.3) is 0 Å². The second kappa shape index (κ2) is 11.6. The normalized spacial score (nSPS) is 12.0. The average molecular weight is 470 g/mol. The van der Waals surface area contributed by atoms with Crippen molar-refractivity contribution in [1.29, 1.82) is 0 Å². The van der Waals surface area contributed by atoms with Crippen LogP contribution in [0.2, 0.25) is 15.1 Å². The molecule has 30 heavy (non-hydrogen) atoms. The van der Waals surface area contributed by atoms with Crippen LogP contribution < -0.4 is 5.32 Å². The first-order valence-electron chi connectivity index (χ1n) is 10.00. The Hall–Kier alpha value is -1.75. The Morgan fingerprint density at radius 3 is 2.30 bits per heavy atom. The van der Waals surface area contributed by atoms with Gasteiger partial charge >= 0.3 is 0 Å². The summed E-state index contributed by atoms with van der Waals surface area (Å²) in [4.78, 5) is 27.6. The molecule has 0 unspecified atom stereocenters. The summed E-state index contributed by atoms with van der Waals surface area (Å²) < 4.78 is 0. The van der Waals surface area contributed by atoms with Crippen molar-refractivity contribution in [3.8, 4) is 0 Å². The topological polar surface area (TPSA) is 49.4 Å². The van der Waals surface area contributed by atoms with E-state index in [4.69, 9.17) is 34.8 Å². The molecule has 0 aliphatic carbocycles. The quantitative estimate of drug-likeness (QED) is 0.496. The maximum absolute atomic E-state index is 13.2. The lowest BCUT2D eigenvalue weighted by Crippen LogP contribution is -2.50. The summed E-state index contributed by atoms with van der Waals surface area (Å²) in [6, 6.07) is 12.0. The van der Waals surface area contributed by atoms with Gasteiger partial charge in [0.1, 0.15) is 6.04 Å². The second-order valence-corrected chi connectivity index (χ2v) is 8.69. The summed E-state index contributed by atoms with van der Waals surface area (Å²) in [7, 11) is 0. The third-order valence-electron chi connectivity index (χ3n) is 4.74. The number of benzene rings is 2. The maximum atomic E-state index is 13.2. The Morgan fingerprint density at radius 1 is 1.00 bits per heavy atom. The van der Waals surface area contributed by atoms with Crippen molar-refractivity contribution >= 4 is 46.6 Å². The molecule has 2 rings (SSSR count). The third kappa shape index (κ3) is 6.90. The molecule has 0 bridgehead atoms.